The minimum atomic E-state index is -0.410. The normalized spacial score (nSPS) is 10.0. The van der Waals surface area contributed by atoms with Crippen molar-refractivity contribution in [3.63, 3.8) is 0 Å². The molecule has 2 aromatic rings. The van der Waals surface area contributed by atoms with Gasteiger partial charge in [-0.1, -0.05) is 22.0 Å². The Balaban J connectivity index is 1.94. The summed E-state index contributed by atoms with van der Waals surface area (Å²) in [6, 6.07) is 11.5. The maximum Gasteiger partial charge on any atom is 0.243 e. The van der Waals surface area contributed by atoms with Gasteiger partial charge in [-0.15, -0.1) is 0 Å². The molecule has 0 atom stereocenters. The first-order valence-electron chi connectivity index (χ1n) is 6.21. The maximum atomic E-state index is 13.5. The molecule has 0 unspecified atom stereocenters. The number of hydrogen-bond donors (Lipinski definition) is 2. The van der Waals surface area contributed by atoms with E-state index in [0.29, 0.717) is 11.4 Å². The molecular formula is C15H14BrFN2O2. The Morgan fingerprint density at radius 1 is 1.29 bits per heavy atom. The number of amides is 1. The van der Waals surface area contributed by atoms with E-state index in [4.69, 9.17) is 4.74 Å². The summed E-state index contributed by atoms with van der Waals surface area (Å²) in [5.41, 5.74) is 0.890. The number of benzene rings is 2. The fourth-order valence-corrected chi connectivity index (χ4v) is 2.08. The molecule has 0 aliphatic heterocycles. The minimum Gasteiger partial charge on any atom is -0.497 e. The summed E-state index contributed by atoms with van der Waals surface area (Å²) >= 11 is 3.25. The molecule has 0 heterocycles. The summed E-state index contributed by atoms with van der Waals surface area (Å²) in [6.45, 7) is -0.0371. The summed E-state index contributed by atoms with van der Waals surface area (Å²) in [5, 5.41) is 5.46. The summed E-state index contributed by atoms with van der Waals surface area (Å²) < 4.78 is 19.3. The van der Waals surface area contributed by atoms with Crippen molar-refractivity contribution in [3.05, 3.63) is 52.8 Å². The molecular weight excluding hydrogens is 339 g/mol. The lowest BCUT2D eigenvalue weighted by atomic mass is 10.3. The van der Waals surface area contributed by atoms with Gasteiger partial charge in [-0.25, -0.2) is 4.39 Å². The minimum absolute atomic E-state index is 0.0371. The Labute approximate surface area is 130 Å². The van der Waals surface area contributed by atoms with Crippen LogP contribution in [0.4, 0.5) is 15.8 Å². The molecule has 4 nitrogen and oxygen atoms in total. The first-order valence-corrected chi connectivity index (χ1v) is 7.00. The Bertz CT molecular complexity index is 649. The summed E-state index contributed by atoms with van der Waals surface area (Å²) in [7, 11) is 1.55. The van der Waals surface area contributed by atoms with Crippen LogP contribution in [0.2, 0.25) is 0 Å². The van der Waals surface area contributed by atoms with Crippen LogP contribution in [0.5, 0.6) is 5.75 Å². The van der Waals surface area contributed by atoms with Crippen molar-refractivity contribution in [2.45, 2.75) is 0 Å². The highest BCUT2D eigenvalue weighted by Gasteiger charge is 2.06. The smallest absolute Gasteiger partial charge is 0.243 e. The molecule has 0 saturated carbocycles. The van der Waals surface area contributed by atoms with Crippen molar-refractivity contribution in [1.29, 1.82) is 0 Å². The Hall–Kier alpha value is -2.08. The fraction of sp³-hybridized carbons (Fsp3) is 0.133. The first-order chi connectivity index (χ1) is 10.1. The van der Waals surface area contributed by atoms with Crippen LogP contribution in [0.1, 0.15) is 0 Å². The zero-order valence-electron chi connectivity index (χ0n) is 11.3. The van der Waals surface area contributed by atoms with Gasteiger partial charge in [0.05, 0.1) is 19.3 Å². The van der Waals surface area contributed by atoms with Gasteiger partial charge in [-0.3, -0.25) is 4.79 Å². The third-order valence-electron chi connectivity index (χ3n) is 2.72. The fourth-order valence-electron chi connectivity index (χ4n) is 1.71. The summed E-state index contributed by atoms with van der Waals surface area (Å²) in [6.07, 6.45) is 0. The second kappa shape index (κ2) is 7.08. The van der Waals surface area contributed by atoms with E-state index in [1.54, 1.807) is 43.5 Å². The lowest BCUT2D eigenvalue weighted by Crippen LogP contribution is -2.22. The number of nitrogens with one attached hydrogen (secondary N) is 2. The van der Waals surface area contributed by atoms with Crippen LogP contribution in [-0.4, -0.2) is 19.6 Å². The topological polar surface area (TPSA) is 50.4 Å². The molecule has 0 aliphatic rings. The number of ether oxygens (including phenoxy) is 1. The Kier molecular flexibility index (Phi) is 5.16. The molecule has 0 radical (unpaired) electrons. The van der Waals surface area contributed by atoms with Gasteiger partial charge in [0.2, 0.25) is 5.91 Å². The Morgan fingerprint density at radius 2 is 2.10 bits per heavy atom. The number of halogens is 2. The van der Waals surface area contributed by atoms with E-state index in [1.807, 2.05) is 0 Å². The number of carbonyl (C=O) groups is 1. The van der Waals surface area contributed by atoms with E-state index in [0.717, 1.165) is 4.47 Å². The number of carbonyl (C=O) groups excluding carboxylic acids is 1. The van der Waals surface area contributed by atoms with Gasteiger partial charge in [0, 0.05) is 16.2 Å². The number of anilines is 2. The SMILES string of the molecule is COc1cccc(NC(=O)CNc2cc(Br)ccc2F)c1. The lowest BCUT2D eigenvalue weighted by molar-refractivity contribution is -0.114. The number of hydrogen-bond acceptors (Lipinski definition) is 3. The van der Waals surface area contributed by atoms with Crippen LogP contribution in [0.3, 0.4) is 0 Å². The Morgan fingerprint density at radius 3 is 2.86 bits per heavy atom. The second-order valence-corrected chi connectivity index (χ2v) is 5.17. The highest BCUT2D eigenvalue weighted by Crippen LogP contribution is 2.20. The molecule has 2 N–H and O–H groups in total. The molecule has 2 aromatic carbocycles. The molecule has 6 heteroatoms. The lowest BCUT2D eigenvalue weighted by Gasteiger charge is -2.09. The van der Waals surface area contributed by atoms with Crippen molar-refractivity contribution < 1.29 is 13.9 Å². The zero-order chi connectivity index (χ0) is 15.2. The second-order valence-electron chi connectivity index (χ2n) is 4.26. The molecule has 0 fully saturated rings. The van der Waals surface area contributed by atoms with Crippen molar-refractivity contribution in [2.24, 2.45) is 0 Å². The largest absolute Gasteiger partial charge is 0.497 e. The van der Waals surface area contributed by atoms with Gasteiger partial charge < -0.3 is 15.4 Å². The van der Waals surface area contributed by atoms with Gasteiger partial charge in [0.25, 0.3) is 0 Å². The van der Waals surface area contributed by atoms with Crippen LogP contribution in [0, 0.1) is 5.82 Å². The summed E-state index contributed by atoms with van der Waals surface area (Å²) in [5.74, 6) is -0.0335. The molecule has 0 aromatic heterocycles. The van der Waals surface area contributed by atoms with Crippen molar-refractivity contribution in [3.8, 4) is 5.75 Å². The van der Waals surface area contributed by atoms with Gasteiger partial charge in [0.15, 0.2) is 0 Å². The molecule has 0 bridgehead atoms. The first kappa shape index (κ1) is 15.3. The number of rotatable bonds is 5. The van der Waals surface area contributed by atoms with Crippen molar-refractivity contribution >= 4 is 33.2 Å². The van der Waals surface area contributed by atoms with Crippen LogP contribution in [0.25, 0.3) is 0 Å². The highest BCUT2D eigenvalue weighted by molar-refractivity contribution is 9.10. The van der Waals surface area contributed by atoms with E-state index in [1.165, 1.54) is 6.07 Å². The van der Waals surface area contributed by atoms with Crippen LogP contribution >= 0.6 is 15.9 Å². The molecule has 0 spiro atoms. The zero-order valence-corrected chi connectivity index (χ0v) is 12.9. The molecule has 110 valence electrons. The van der Waals surface area contributed by atoms with Crippen LogP contribution < -0.4 is 15.4 Å². The third kappa shape index (κ3) is 4.46. The van der Waals surface area contributed by atoms with Gasteiger partial charge in [-0.05, 0) is 30.3 Å². The maximum absolute atomic E-state index is 13.5. The van der Waals surface area contributed by atoms with Crippen molar-refractivity contribution in [1.82, 2.24) is 0 Å². The monoisotopic (exact) mass is 352 g/mol. The predicted octanol–water partition coefficient (Wildman–Crippen LogP) is 3.65. The average molecular weight is 353 g/mol. The van der Waals surface area contributed by atoms with Crippen LogP contribution in [-0.2, 0) is 4.79 Å². The molecule has 1 amide bonds. The van der Waals surface area contributed by atoms with E-state index >= 15 is 0 Å². The van der Waals surface area contributed by atoms with Gasteiger partial charge >= 0.3 is 0 Å². The van der Waals surface area contributed by atoms with Gasteiger partial charge in [0.1, 0.15) is 11.6 Å². The van der Waals surface area contributed by atoms with E-state index in [-0.39, 0.29) is 18.1 Å². The molecule has 21 heavy (non-hydrogen) atoms. The summed E-state index contributed by atoms with van der Waals surface area (Å²) in [4.78, 5) is 11.8. The molecule has 0 aliphatic carbocycles. The van der Waals surface area contributed by atoms with E-state index < -0.39 is 5.82 Å². The van der Waals surface area contributed by atoms with E-state index in [9.17, 15) is 9.18 Å². The molecule has 2 rings (SSSR count). The van der Waals surface area contributed by atoms with Crippen LogP contribution in [0.15, 0.2) is 46.9 Å². The quantitative estimate of drug-likeness (QED) is 0.863. The third-order valence-corrected chi connectivity index (χ3v) is 3.21. The standard InChI is InChI=1S/C15H14BrFN2O2/c1-21-12-4-2-3-11(8-12)19-15(20)9-18-14-7-10(16)5-6-13(14)17/h2-8,18H,9H2,1H3,(H,19,20). The highest BCUT2D eigenvalue weighted by atomic mass is 79.9. The van der Waals surface area contributed by atoms with E-state index in [2.05, 4.69) is 26.6 Å². The van der Waals surface area contributed by atoms with Gasteiger partial charge in [-0.2, -0.15) is 0 Å². The number of methoxy groups -OCH3 is 1. The average Bonchev–Trinajstić information content (AvgIpc) is 2.48. The predicted molar refractivity (Wildman–Crippen MR) is 84.2 cm³/mol. The molecule has 0 saturated heterocycles. The van der Waals surface area contributed by atoms with Crippen molar-refractivity contribution in [2.75, 3.05) is 24.3 Å².